The number of anilines is 4. The topological polar surface area (TPSA) is 106 Å². The zero-order valence-electron chi connectivity index (χ0n) is 20.7. The lowest BCUT2D eigenvalue weighted by Gasteiger charge is -2.17. The van der Waals surface area contributed by atoms with Crippen LogP contribution < -0.4 is 20.1 Å². The standard InChI is InChI=1S/C25H30IN5O4S/c1-16(2)36(32,33)23-8-6-5-7-21(23)28-24-19(26)14-27-25(30-24)29-20-10-9-17(13-22(20)34-4)35-18-11-12-31(3)15-18/h5-10,13-14,16,18H,11-12,15H2,1-4H3,(H2,27,28,29,30)/t18-/m1/s1. The molecule has 11 heteroatoms. The molecule has 192 valence electrons. The Hall–Kier alpha value is -2.64. The van der Waals surface area contributed by atoms with E-state index in [0.717, 1.165) is 28.8 Å². The molecule has 0 unspecified atom stereocenters. The number of hydrogen-bond donors (Lipinski definition) is 2. The first-order valence-electron chi connectivity index (χ1n) is 11.6. The maximum absolute atomic E-state index is 12.8. The van der Waals surface area contributed by atoms with Crippen molar-refractivity contribution < 1.29 is 17.9 Å². The number of nitrogens with one attached hydrogen (secondary N) is 2. The molecule has 3 aromatic rings. The van der Waals surface area contributed by atoms with Crippen LogP contribution in [0.4, 0.5) is 23.1 Å². The van der Waals surface area contributed by atoms with Crippen molar-refractivity contribution in [3.8, 4) is 11.5 Å². The Morgan fingerprint density at radius 3 is 2.61 bits per heavy atom. The zero-order valence-corrected chi connectivity index (χ0v) is 23.6. The average molecular weight is 624 g/mol. The minimum absolute atomic E-state index is 0.161. The second-order valence-corrected chi connectivity index (χ2v) is 12.5. The number of para-hydroxylation sites is 1. The van der Waals surface area contributed by atoms with Gasteiger partial charge in [0.25, 0.3) is 0 Å². The highest BCUT2D eigenvalue weighted by Crippen LogP contribution is 2.33. The smallest absolute Gasteiger partial charge is 0.229 e. The van der Waals surface area contributed by atoms with Gasteiger partial charge in [0.2, 0.25) is 5.95 Å². The SMILES string of the molecule is COc1cc(O[C@@H]2CCN(C)C2)ccc1Nc1ncc(I)c(Nc2ccccc2S(=O)(=O)C(C)C)n1. The van der Waals surface area contributed by atoms with Crippen LogP contribution in [-0.2, 0) is 9.84 Å². The molecule has 0 amide bonds. The molecule has 1 aromatic heterocycles. The van der Waals surface area contributed by atoms with E-state index in [1.165, 1.54) is 0 Å². The average Bonchev–Trinajstić information content (AvgIpc) is 3.26. The molecule has 2 heterocycles. The molecule has 4 rings (SSSR count). The third-order valence-electron chi connectivity index (χ3n) is 5.88. The molecule has 2 N–H and O–H groups in total. The van der Waals surface area contributed by atoms with Gasteiger partial charge in [-0.15, -0.1) is 0 Å². The van der Waals surface area contributed by atoms with Crippen LogP contribution in [-0.4, -0.2) is 61.9 Å². The number of sulfone groups is 1. The molecule has 36 heavy (non-hydrogen) atoms. The monoisotopic (exact) mass is 623 g/mol. The quantitative estimate of drug-likeness (QED) is 0.324. The van der Waals surface area contributed by atoms with Crippen molar-refractivity contribution in [3.05, 3.63) is 52.2 Å². The maximum atomic E-state index is 12.8. The van der Waals surface area contributed by atoms with E-state index >= 15 is 0 Å². The van der Waals surface area contributed by atoms with Crippen LogP contribution in [0.15, 0.2) is 53.6 Å². The van der Waals surface area contributed by atoms with Gasteiger partial charge in [-0.1, -0.05) is 12.1 Å². The van der Waals surface area contributed by atoms with E-state index in [4.69, 9.17) is 9.47 Å². The molecule has 2 aromatic carbocycles. The number of benzene rings is 2. The summed E-state index contributed by atoms with van der Waals surface area (Å²) in [6.07, 6.45) is 2.82. The molecule has 1 aliphatic rings. The lowest BCUT2D eigenvalue weighted by Crippen LogP contribution is -2.21. The number of nitrogens with zero attached hydrogens (tertiary/aromatic N) is 3. The van der Waals surface area contributed by atoms with Gasteiger partial charge in [0.1, 0.15) is 23.4 Å². The molecule has 0 spiro atoms. The van der Waals surface area contributed by atoms with E-state index in [-0.39, 0.29) is 11.0 Å². The summed E-state index contributed by atoms with van der Waals surface area (Å²) >= 11 is 2.11. The zero-order chi connectivity index (χ0) is 25.9. The van der Waals surface area contributed by atoms with Crippen molar-refractivity contribution in [2.45, 2.75) is 36.5 Å². The van der Waals surface area contributed by atoms with E-state index in [2.05, 4.69) is 55.1 Å². The van der Waals surface area contributed by atoms with Crippen molar-refractivity contribution >= 4 is 55.6 Å². The van der Waals surface area contributed by atoms with Crippen LogP contribution in [0.2, 0.25) is 0 Å². The highest BCUT2D eigenvalue weighted by Gasteiger charge is 2.23. The van der Waals surface area contributed by atoms with Gasteiger partial charge in [0.05, 0.1) is 32.2 Å². The van der Waals surface area contributed by atoms with Crippen LogP contribution in [0.25, 0.3) is 0 Å². The number of likely N-dealkylation sites (tertiary alicyclic amines) is 1. The Labute approximate surface area is 225 Å². The third kappa shape index (κ3) is 6.01. The second kappa shape index (κ2) is 11.2. The number of aromatic nitrogens is 2. The molecule has 0 aliphatic carbocycles. The summed E-state index contributed by atoms with van der Waals surface area (Å²) in [5, 5.41) is 5.83. The van der Waals surface area contributed by atoms with Crippen LogP contribution in [0.5, 0.6) is 11.5 Å². The molecular weight excluding hydrogens is 593 g/mol. The number of halogens is 1. The van der Waals surface area contributed by atoms with E-state index < -0.39 is 15.1 Å². The van der Waals surface area contributed by atoms with Crippen LogP contribution >= 0.6 is 22.6 Å². The van der Waals surface area contributed by atoms with Crippen LogP contribution in [0.3, 0.4) is 0 Å². The molecule has 0 bridgehead atoms. The minimum Gasteiger partial charge on any atom is -0.494 e. The van der Waals surface area contributed by atoms with Gasteiger partial charge < -0.3 is 25.0 Å². The van der Waals surface area contributed by atoms with Crippen LogP contribution in [0.1, 0.15) is 20.3 Å². The van der Waals surface area contributed by atoms with Crippen molar-refractivity contribution in [1.29, 1.82) is 0 Å². The van der Waals surface area contributed by atoms with E-state index in [9.17, 15) is 8.42 Å². The molecule has 0 radical (unpaired) electrons. The number of likely N-dealkylation sites (N-methyl/N-ethyl adjacent to an activating group) is 1. The summed E-state index contributed by atoms with van der Waals surface area (Å²) in [6, 6.07) is 12.4. The summed E-state index contributed by atoms with van der Waals surface area (Å²) in [7, 11) is 0.206. The third-order valence-corrected chi connectivity index (χ3v) is 8.88. The van der Waals surface area contributed by atoms with Gasteiger partial charge in [-0.25, -0.2) is 13.4 Å². The van der Waals surface area contributed by atoms with E-state index in [1.54, 1.807) is 51.4 Å². The molecule has 9 nitrogen and oxygen atoms in total. The van der Waals surface area contributed by atoms with Gasteiger partial charge in [-0.3, -0.25) is 0 Å². The first-order chi connectivity index (χ1) is 17.2. The highest BCUT2D eigenvalue weighted by molar-refractivity contribution is 14.1. The molecule has 0 saturated carbocycles. The minimum atomic E-state index is -3.48. The largest absolute Gasteiger partial charge is 0.494 e. The predicted molar refractivity (Wildman–Crippen MR) is 150 cm³/mol. The van der Waals surface area contributed by atoms with E-state index in [0.29, 0.717) is 28.9 Å². The summed E-state index contributed by atoms with van der Waals surface area (Å²) in [5.41, 5.74) is 1.15. The second-order valence-electron chi connectivity index (χ2n) is 8.88. The highest BCUT2D eigenvalue weighted by atomic mass is 127. The van der Waals surface area contributed by atoms with Crippen molar-refractivity contribution in [2.75, 3.05) is 37.9 Å². The molecule has 1 atom stereocenters. The Bertz CT molecular complexity index is 1340. The van der Waals surface area contributed by atoms with Gasteiger partial charge in [-0.05, 0) is 74.2 Å². The fourth-order valence-electron chi connectivity index (χ4n) is 3.87. The lowest BCUT2D eigenvalue weighted by atomic mass is 10.2. The Balaban J connectivity index is 1.56. The number of ether oxygens (including phenoxy) is 2. The summed E-state index contributed by atoms with van der Waals surface area (Å²) in [6.45, 7) is 5.25. The Kier molecular flexibility index (Phi) is 8.20. The van der Waals surface area contributed by atoms with Crippen LogP contribution in [0, 0.1) is 3.57 Å². The number of hydrogen-bond acceptors (Lipinski definition) is 9. The summed E-state index contributed by atoms with van der Waals surface area (Å²) in [5.74, 6) is 2.17. The van der Waals surface area contributed by atoms with Crippen molar-refractivity contribution in [3.63, 3.8) is 0 Å². The fraction of sp³-hybridized carbons (Fsp3) is 0.360. The molecule has 1 saturated heterocycles. The van der Waals surface area contributed by atoms with Gasteiger partial charge in [-0.2, -0.15) is 4.98 Å². The van der Waals surface area contributed by atoms with Crippen molar-refractivity contribution in [1.82, 2.24) is 14.9 Å². The van der Waals surface area contributed by atoms with Crippen molar-refractivity contribution in [2.24, 2.45) is 0 Å². The van der Waals surface area contributed by atoms with E-state index in [1.807, 2.05) is 18.2 Å². The summed E-state index contributed by atoms with van der Waals surface area (Å²) < 4.78 is 38.1. The molecule has 1 fully saturated rings. The maximum Gasteiger partial charge on any atom is 0.229 e. The first-order valence-corrected chi connectivity index (χ1v) is 14.2. The normalized spacial score (nSPS) is 16.2. The lowest BCUT2D eigenvalue weighted by molar-refractivity contribution is 0.207. The molecule has 1 aliphatic heterocycles. The first kappa shape index (κ1) is 26.4. The number of methoxy groups -OCH3 is 1. The summed E-state index contributed by atoms with van der Waals surface area (Å²) in [4.78, 5) is 11.5. The van der Waals surface area contributed by atoms with Gasteiger partial charge >= 0.3 is 0 Å². The van der Waals surface area contributed by atoms with Gasteiger partial charge in [0, 0.05) is 25.4 Å². The fourth-order valence-corrected chi connectivity index (χ4v) is 5.46. The Morgan fingerprint density at radius 1 is 1.14 bits per heavy atom. The predicted octanol–water partition coefficient (Wildman–Crippen LogP) is 4.84. The number of rotatable bonds is 9. The Morgan fingerprint density at radius 2 is 1.92 bits per heavy atom. The molecular formula is C25H30IN5O4S. The van der Waals surface area contributed by atoms with Gasteiger partial charge in [0.15, 0.2) is 9.84 Å².